The van der Waals surface area contributed by atoms with Crippen LogP contribution in [0.3, 0.4) is 0 Å². The summed E-state index contributed by atoms with van der Waals surface area (Å²) in [6.45, 7) is 6.21. The van der Waals surface area contributed by atoms with Gasteiger partial charge in [-0.15, -0.1) is 0 Å². The van der Waals surface area contributed by atoms with Crippen molar-refractivity contribution in [3.63, 3.8) is 0 Å². The maximum atomic E-state index is 11.6. The quantitative estimate of drug-likeness (QED) is 0.763. The van der Waals surface area contributed by atoms with Gasteiger partial charge < -0.3 is 15.6 Å². The summed E-state index contributed by atoms with van der Waals surface area (Å²) in [5.41, 5.74) is 6.52. The zero-order chi connectivity index (χ0) is 14.8. The minimum atomic E-state index is -1.11. The van der Waals surface area contributed by atoms with E-state index in [1.165, 1.54) is 18.5 Å². The number of ether oxygens (including phenoxy) is 1. The van der Waals surface area contributed by atoms with E-state index >= 15 is 0 Å². The van der Waals surface area contributed by atoms with Crippen molar-refractivity contribution in [1.82, 2.24) is 9.78 Å². The van der Waals surface area contributed by atoms with Gasteiger partial charge in [0.05, 0.1) is 22.5 Å². The summed E-state index contributed by atoms with van der Waals surface area (Å²) in [5.74, 6) is -1.56. The number of anilines is 1. The third-order valence-corrected chi connectivity index (χ3v) is 2.89. The van der Waals surface area contributed by atoms with Crippen LogP contribution in [0.4, 0.5) is 5.69 Å². The first-order valence-electron chi connectivity index (χ1n) is 5.83. The van der Waals surface area contributed by atoms with Gasteiger partial charge in [0.2, 0.25) is 0 Å². The van der Waals surface area contributed by atoms with Gasteiger partial charge in [-0.05, 0) is 27.7 Å². The molecule has 0 saturated carbocycles. The zero-order valence-corrected chi connectivity index (χ0v) is 11.6. The lowest BCUT2D eigenvalue weighted by molar-refractivity contribution is -0.157. The third kappa shape index (κ3) is 3.46. The Morgan fingerprint density at radius 3 is 2.42 bits per heavy atom. The topological polar surface area (TPSA) is 107 Å². The number of hydrogen-bond donors (Lipinski definition) is 2. The lowest BCUT2D eigenvalue weighted by Gasteiger charge is -2.18. The number of esters is 1. The average Bonchev–Trinajstić information content (AvgIpc) is 2.54. The van der Waals surface area contributed by atoms with E-state index < -0.39 is 17.4 Å². The number of rotatable bonds is 5. The summed E-state index contributed by atoms with van der Waals surface area (Å²) in [5, 5.41) is 13.0. The molecular weight excluding hydrogens is 250 g/mol. The van der Waals surface area contributed by atoms with Crippen molar-refractivity contribution in [1.29, 1.82) is 0 Å². The standard InChI is InChI=1S/C12H19N3O4/c1-7-10(13)8(2)15(14-7)5-9(16)19-6-12(3,4)11(17)18/h5-6,13H2,1-4H3,(H,17,18). The molecule has 7 nitrogen and oxygen atoms in total. The largest absolute Gasteiger partial charge is 0.481 e. The molecule has 106 valence electrons. The van der Waals surface area contributed by atoms with Gasteiger partial charge in [-0.25, -0.2) is 0 Å². The van der Waals surface area contributed by atoms with Crippen LogP contribution >= 0.6 is 0 Å². The van der Waals surface area contributed by atoms with Gasteiger partial charge in [-0.2, -0.15) is 5.10 Å². The molecule has 0 aromatic carbocycles. The molecule has 0 atom stereocenters. The number of carboxylic acids is 1. The minimum Gasteiger partial charge on any atom is -0.481 e. The van der Waals surface area contributed by atoms with Crippen LogP contribution in [0.5, 0.6) is 0 Å². The molecule has 0 unspecified atom stereocenters. The predicted molar refractivity (Wildman–Crippen MR) is 68.5 cm³/mol. The zero-order valence-electron chi connectivity index (χ0n) is 11.6. The minimum absolute atomic E-state index is 0.0838. The third-order valence-electron chi connectivity index (χ3n) is 2.89. The molecule has 19 heavy (non-hydrogen) atoms. The van der Waals surface area contributed by atoms with Gasteiger partial charge in [0.25, 0.3) is 0 Å². The van der Waals surface area contributed by atoms with Crippen molar-refractivity contribution in [2.75, 3.05) is 12.3 Å². The molecule has 0 bridgehead atoms. The highest BCUT2D eigenvalue weighted by Crippen LogP contribution is 2.17. The SMILES string of the molecule is Cc1nn(CC(=O)OCC(C)(C)C(=O)O)c(C)c1N. The Morgan fingerprint density at radius 2 is 2.00 bits per heavy atom. The van der Waals surface area contributed by atoms with E-state index in [-0.39, 0.29) is 13.2 Å². The van der Waals surface area contributed by atoms with Gasteiger partial charge in [0.1, 0.15) is 13.2 Å². The molecule has 0 aliphatic heterocycles. The highest BCUT2D eigenvalue weighted by molar-refractivity contribution is 5.75. The van der Waals surface area contributed by atoms with Crippen LogP contribution in [0.2, 0.25) is 0 Å². The summed E-state index contributed by atoms with van der Waals surface area (Å²) in [7, 11) is 0. The smallest absolute Gasteiger partial charge is 0.327 e. The first-order valence-corrected chi connectivity index (χ1v) is 5.83. The van der Waals surface area contributed by atoms with Crippen LogP contribution in [0.1, 0.15) is 25.2 Å². The van der Waals surface area contributed by atoms with Crippen LogP contribution in [0.15, 0.2) is 0 Å². The molecule has 0 saturated heterocycles. The number of nitrogens with zero attached hydrogens (tertiary/aromatic N) is 2. The summed E-state index contributed by atoms with van der Waals surface area (Å²) in [6, 6.07) is 0. The van der Waals surface area contributed by atoms with Crippen molar-refractivity contribution in [3.05, 3.63) is 11.4 Å². The maximum absolute atomic E-state index is 11.6. The second kappa shape index (κ2) is 5.29. The second-order valence-corrected chi connectivity index (χ2v) is 5.09. The lowest BCUT2D eigenvalue weighted by atomic mass is 9.95. The molecular formula is C12H19N3O4. The number of aryl methyl sites for hydroxylation is 1. The molecule has 1 aromatic heterocycles. The number of carboxylic acid groups (broad SMARTS) is 1. The van der Waals surface area contributed by atoms with Gasteiger partial charge in [0, 0.05) is 0 Å². The van der Waals surface area contributed by atoms with Crippen molar-refractivity contribution in [3.8, 4) is 0 Å². The number of nitrogens with two attached hydrogens (primary N) is 1. The Kier molecular flexibility index (Phi) is 4.18. The molecule has 0 fully saturated rings. The number of carbonyl (C=O) groups is 2. The molecule has 3 N–H and O–H groups in total. The summed E-state index contributed by atoms with van der Waals surface area (Å²) >= 11 is 0. The van der Waals surface area contributed by atoms with Crippen LogP contribution < -0.4 is 5.73 Å². The van der Waals surface area contributed by atoms with Crippen molar-refractivity contribution in [2.45, 2.75) is 34.2 Å². The van der Waals surface area contributed by atoms with E-state index in [2.05, 4.69) is 5.10 Å². The van der Waals surface area contributed by atoms with Gasteiger partial charge >= 0.3 is 11.9 Å². The fourth-order valence-corrected chi connectivity index (χ4v) is 1.36. The van der Waals surface area contributed by atoms with E-state index in [0.29, 0.717) is 17.1 Å². The van der Waals surface area contributed by atoms with E-state index in [1.54, 1.807) is 13.8 Å². The number of aliphatic carboxylic acids is 1. The van der Waals surface area contributed by atoms with E-state index in [0.717, 1.165) is 0 Å². The number of hydrogen-bond acceptors (Lipinski definition) is 5. The number of aromatic nitrogens is 2. The second-order valence-electron chi connectivity index (χ2n) is 5.09. The molecule has 0 spiro atoms. The highest BCUT2D eigenvalue weighted by Gasteiger charge is 2.29. The van der Waals surface area contributed by atoms with E-state index in [1.807, 2.05) is 0 Å². The average molecular weight is 269 g/mol. The van der Waals surface area contributed by atoms with Crippen LogP contribution in [0, 0.1) is 19.3 Å². The van der Waals surface area contributed by atoms with Gasteiger partial charge in [-0.3, -0.25) is 14.3 Å². The molecule has 7 heteroatoms. The first-order chi connectivity index (χ1) is 8.65. The lowest BCUT2D eigenvalue weighted by Crippen LogP contribution is -2.31. The summed E-state index contributed by atoms with van der Waals surface area (Å²) in [4.78, 5) is 22.5. The van der Waals surface area contributed by atoms with Gasteiger partial charge in [-0.1, -0.05) is 0 Å². The molecule has 0 radical (unpaired) electrons. The molecule has 0 aliphatic carbocycles. The molecule has 1 heterocycles. The van der Waals surface area contributed by atoms with E-state index in [4.69, 9.17) is 15.6 Å². The molecule has 1 aromatic rings. The van der Waals surface area contributed by atoms with Crippen molar-refractivity contribution in [2.24, 2.45) is 5.41 Å². The summed E-state index contributed by atoms with van der Waals surface area (Å²) < 4.78 is 6.40. The predicted octanol–water partition coefficient (Wildman–Crippen LogP) is 0.736. The van der Waals surface area contributed by atoms with Gasteiger partial charge in [0.15, 0.2) is 0 Å². The Bertz CT molecular complexity index is 505. The fraction of sp³-hybridized carbons (Fsp3) is 0.583. The van der Waals surface area contributed by atoms with E-state index in [9.17, 15) is 9.59 Å². The Morgan fingerprint density at radius 1 is 1.42 bits per heavy atom. The number of carbonyl (C=O) groups excluding carboxylic acids is 1. The van der Waals surface area contributed by atoms with Crippen molar-refractivity contribution >= 4 is 17.6 Å². The molecule has 0 amide bonds. The normalized spacial score (nSPS) is 11.4. The van der Waals surface area contributed by atoms with Crippen LogP contribution in [-0.2, 0) is 20.9 Å². The summed E-state index contributed by atoms with van der Waals surface area (Å²) in [6.07, 6.45) is 0. The van der Waals surface area contributed by atoms with Crippen LogP contribution in [-0.4, -0.2) is 33.4 Å². The van der Waals surface area contributed by atoms with Crippen molar-refractivity contribution < 1.29 is 19.4 Å². The Labute approximate surface area is 111 Å². The monoisotopic (exact) mass is 269 g/mol. The molecule has 1 rings (SSSR count). The highest BCUT2D eigenvalue weighted by atomic mass is 16.5. The molecule has 0 aliphatic rings. The number of nitrogen functional groups attached to an aromatic ring is 1. The Hall–Kier alpha value is -2.05. The fourth-order valence-electron chi connectivity index (χ4n) is 1.36. The van der Waals surface area contributed by atoms with Crippen LogP contribution in [0.25, 0.3) is 0 Å². The maximum Gasteiger partial charge on any atom is 0.327 e. The Balaban J connectivity index is 2.62. The first kappa shape index (κ1) is 15.0.